The molecule has 0 N–H and O–H groups in total. The van der Waals surface area contributed by atoms with Gasteiger partial charge in [0.1, 0.15) is 0 Å². The minimum absolute atomic E-state index is 1.19. The van der Waals surface area contributed by atoms with Gasteiger partial charge in [0.2, 0.25) is 0 Å². The topological polar surface area (TPSA) is 0 Å². The summed E-state index contributed by atoms with van der Waals surface area (Å²) in [6.45, 7) is 4.37. The molecule has 0 radical (unpaired) electrons. The van der Waals surface area contributed by atoms with Gasteiger partial charge in [-0.25, -0.2) is 0 Å². The third-order valence-electron chi connectivity index (χ3n) is 2.30. The van der Waals surface area contributed by atoms with E-state index >= 15 is 0 Å². The Balaban J connectivity index is 2.49. The van der Waals surface area contributed by atoms with Crippen LogP contribution >= 0.6 is 0 Å². The molecule has 0 bridgehead atoms. The Bertz CT molecular complexity index is 317. The third kappa shape index (κ3) is 5.21. The lowest BCUT2D eigenvalue weighted by atomic mass is 10.1. The van der Waals surface area contributed by atoms with Crippen molar-refractivity contribution < 1.29 is 0 Å². The molecule has 0 saturated heterocycles. The van der Waals surface area contributed by atoms with Gasteiger partial charge in [0.05, 0.1) is 0 Å². The summed E-state index contributed by atoms with van der Waals surface area (Å²) in [5.41, 5.74) is 2.59. The van der Waals surface area contributed by atoms with Gasteiger partial charge in [0.25, 0.3) is 0 Å². The van der Waals surface area contributed by atoms with E-state index in [1.165, 1.54) is 30.4 Å². The molecule has 0 aliphatic heterocycles. The molecule has 80 valence electrons. The van der Waals surface area contributed by atoms with Crippen LogP contribution in [0.1, 0.15) is 38.7 Å². The van der Waals surface area contributed by atoms with E-state index in [-0.39, 0.29) is 0 Å². The van der Waals surface area contributed by atoms with Gasteiger partial charge < -0.3 is 0 Å². The van der Waals surface area contributed by atoms with E-state index in [9.17, 15) is 0 Å². The van der Waals surface area contributed by atoms with Crippen molar-refractivity contribution in [2.75, 3.05) is 0 Å². The SMILES string of the molecule is CCCC/C=C/C(C)=C/c1ccccc1. The fraction of sp³-hybridized carbons (Fsp3) is 0.333. The average molecular weight is 200 g/mol. The van der Waals surface area contributed by atoms with E-state index in [0.29, 0.717) is 0 Å². The van der Waals surface area contributed by atoms with Gasteiger partial charge >= 0.3 is 0 Å². The smallest absolute Gasteiger partial charge is 0.0254 e. The lowest BCUT2D eigenvalue weighted by Gasteiger charge is -1.95. The minimum atomic E-state index is 1.19. The molecule has 1 rings (SSSR count). The minimum Gasteiger partial charge on any atom is -0.0843 e. The highest BCUT2D eigenvalue weighted by Crippen LogP contribution is 2.07. The molecule has 0 heterocycles. The van der Waals surface area contributed by atoms with Crippen LogP contribution in [0.2, 0.25) is 0 Å². The van der Waals surface area contributed by atoms with Gasteiger partial charge in [-0.2, -0.15) is 0 Å². The largest absolute Gasteiger partial charge is 0.0843 e. The van der Waals surface area contributed by atoms with Gasteiger partial charge in [-0.3, -0.25) is 0 Å². The first-order chi connectivity index (χ1) is 7.33. The Morgan fingerprint density at radius 3 is 2.60 bits per heavy atom. The maximum Gasteiger partial charge on any atom is -0.0254 e. The molecule has 0 aliphatic carbocycles. The fourth-order valence-electron chi connectivity index (χ4n) is 1.45. The summed E-state index contributed by atoms with van der Waals surface area (Å²) in [6.07, 6.45) is 10.4. The normalized spacial score (nSPS) is 12.3. The molecule has 0 nitrogen and oxygen atoms in total. The maximum atomic E-state index is 2.26. The molecule has 0 aromatic heterocycles. The molecule has 0 atom stereocenters. The quantitative estimate of drug-likeness (QED) is 0.471. The summed E-state index contributed by atoms with van der Waals surface area (Å²) >= 11 is 0. The Morgan fingerprint density at radius 2 is 1.93 bits per heavy atom. The third-order valence-corrected chi connectivity index (χ3v) is 2.30. The highest BCUT2D eigenvalue weighted by atomic mass is 13.9. The first-order valence-electron chi connectivity index (χ1n) is 5.73. The predicted octanol–water partition coefficient (Wildman–Crippen LogP) is 4.84. The van der Waals surface area contributed by atoms with Gasteiger partial charge in [-0.05, 0) is 18.9 Å². The van der Waals surface area contributed by atoms with Crippen LogP contribution in [-0.2, 0) is 0 Å². The highest BCUT2D eigenvalue weighted by molar-refractivity contribution is 5.54. The summed E-state index contributed by atoms with van der Waals surface area (Å²) in [5, 5.41) is 0. The molecule has 0 unspecified atom stereocenters. The molecule has 15 heavy (non-hydrogen) atoms. The van der Waals surface area contributed by atoms with Crippen LogP contribution in [0.3, 0.4) is 0 Å². The van der Waals surface area contributed by atoms with Gasteiger partial charge in [-0.1, -0.05) is 73.9 Å². The van der Waals surface area contributed by atoms with Gasteiger partial charge in [0.15, 0.2) is 0 Å². The van der Waals surface area contributed by atoms with Crippen molar-refractivity contribution in [2.24, 2.45) is 0 Å². The number of unbranched alkanes of at least 4 members (excludes halogenated alkanes) is 2. The zero-order valence-corrected chi connectivity index (χ0v) is 9.74. The number of hydrogen-bond acceptors (Lipinski definition) is 0. The molecular formula is C15H20. The van der Waals surface area contributed by atoms with Crippen molar-refractivity contribution in [1.82, 2.24) is 0 Å². The summed E-state index contributed by atoms with van der Waals surface area (Å²) in [7, 11) is 0. The number of benzene rings is 1. The molecule has 0 amide bonds. The second kappa shape index (κ2) is 7.05. The molecule has 0 spiro atoms. The number of allylic oxidation sites excluding steroid dienone is 3. The average Bonchev–Trinajstić information content (AvgIpc) is 2.26. The summed E-state index contributed by atoms with van der Waals surface area (Å²) in [6, 6.07) is 10.4. The van der Waals surface area contributed by atoms with E-state index in [1.807, 2.05) is 6.07 Å². The van der Waals surface area contributed by atoms with Crippen LogP contribution in [-0.4, -0.2) is 0 Å². The Kier molecular flexibility index (Phi) is 5.54. The van der Waals surface area contributed by atoms with E-state index in [1.54, 1.807) is 0 Å². The highest BCUT2D eigenvalue weighted by Gasteiger charge is 1.86. The predicted molar refractivity (Wildman–Crippen MR) is 68.8 cm³/mol. The Hall–Kier alpha value is -1.30. The van der Waals surface area contributed by atoms with Crippen LogP contribution in [0.4, 0.5) is 0 Å². The van der Waals surface area contributed by atoms with Crippen molar-refractivity contribution in [3.8, 4) is 0 Å². The standard InChI is InChI=1S/C15H20/c1-3-4-5-7-10-14(2)13-15-11-8-6-9-12-15/h6-13H,3-5H2,1-2H3/b10-7+,14-13+. The van der Waals surface area contributed by atoms with Crippen molar-refractivity contribution in [3.63, 3.8) is 0 Å². The van der Waals surface area contributed by atoms with E-state index in [0.717, 1.165) is 0 Å². The molecule has 1 aromatic rings. The lowest BCUT2D eigenvalue weighted by Crippen LogP contribution is -1.73. The van der Waals surface area contributed by atoms with Crippen LogP contribution in [0.5, 0.6) is 0 Å². The summed E-state index contributed by atoms with van der Waals surface area (Å²) < 4.78 is 0. The van der Waals surface area contributed by atoms with Crippen LogP contribution in [0.15, 0.2) is 48.1 Å². The summed E-state index contributed by atoms with van der Waals surface area (Å²) in [5.74, 6) is 0. The van der Waals surface area contributed by atoms with Crippen molar-refractivity contribution >= 4 is 6.08 Å². The second-order valence-corrected chi connectivity index (χ2v) is 3.84. The van der Waals surface area contributed by atoms with Crippen LogP contribution in [0, 0.1) is 0 Å². The van der Waals surface area contributed by atoms with Crippen LogP contribution in [0.25, 0.3) is 6.08 Å². The first kappa shape index (κ1) is 11.8. The molecule has 0 saturated carbocycles. The molecule has 0 heteroatoms. The molecule has 0 fully saturated rings. The Labute approximate surface area is 93.3 Å². The fourth-order valence-corrected chi connectivity index (χ4v) is 1.45. The number of hydrogen-bond donors (Lipinski definition) is 0. The van der Waals surface area contributed by atoms with Gasteiger partial charge in [0, 0.05) is 0 Å². The zero-order chi connectivity index (χ0) is 10.9. The van der Waals surface area contributed by atoms with Crippen LogP contribution < -0.4 is 0 Å². The van der Waals surface area contributed by atoms with Gasteiger partial charge in [-0.15, -0.1) is 0 Å². The first-order valence-corrected chi connectivity index (χ1v) is 5.73. The lowest BCUT2D eigenvalue weighted by molar-refractivity contribution is 0.814. The molecule has 0 aliphatic rings. The molecular weight excluding hydrogens is 180 g/mol. The van der Waals surface area contributed by atoms with Crippen molar-refractivity contribution in [2.45, 2.75) is 33.1 Å². The Morgan fingerprint density at radius 1 is 1.20 bits per heavy atom. The van der Waals surface area contributed by atoms with E-state index in [2.05, 4.69) is 56.3 Å². The second-order valence-electron chi connectivity index (χ2n) is 3.84. The van der Waals surface area contributed by atoms with E-state index < -0.39 is 0 Å². The summed E-state index contributed by atoms with van der Waals surface area (Å²) in [4.78, 5) is 0. The monoisotopic (exact) mass is 200 g/mol. The molecule has 1 aromatic carbocycles. The number of rotatable bonds is 5. The van der Waals surface area contributed by atoms with Crippen molar-refractivity contribution in [1.29, 1.82) is 0 Å². The van der Waals surface area contributed by atoms with Crippen molar-refractivity contribution in [3.05, 3.63) is 53.6 Å². The zero-order valence-electron chi connectivity index (χ0n) is 9.74. The maximum absolute atomic E-state index is 2.26. The van der Waals surface area contributed by atoms with E-state index in [4.69, 9.17) is 0 Å².